The summed E-state index contributed by atoms with van der Waals surface area (Å²) >= 11 is 0. The van der Waals surface area contributed by atoms with Crippen LogP contribution >= 0.6 is 0 Å². The summed E-state index contributed by atoms with van der Waals surface area (Å²) in [5.41, 5.74) is -1.06. The Morgan fingerprint density at radius 2 is 1.71 bits per heavy atom. The Labute approximate surface area is 291 Å². The lowest BCUT2D eigenvalue weighted by atomic mass is 9.40. The first-order valence-corrected chi connectivity index (χ1v) is 20.3. The van der Waals surface area contributed by atoms with Crippen LogP contribution in [0, 0.1) is 51.8 Å². The summed E-state index contributed by atoms with van der Waals surface area (Å²) in [5.74, 6) is 1.37. The third-order valence-electron chi connectivity index (χ3n) is 15.6. The number of carboxylic acids is 1. The Morgan fingerprint density at radius 1 is 1.00 bits per heavy atom. The van der Waals surface area contributed by atoms with Crippen molar-refractivity contribution in [2.45, 2.75) is 156 Å². The monoisotopic (exact) mass is 669 g/mol. The van der Waals surface area contributed by atoms with Crippen LogP contribution in [0.2, 0.25) is 0 Å². The van der Waals surface area contributed by atoms with Crippen molar-refractivity contribution in [2.75, 3.05) is 32.7 Å². The molecule has 3 saturated heterocycles. The average Bonchev–Trinajstić information content (AvgIpc) is 3.74. The molecule has 13 atom stereocenters. The number of piperidine rings is 1. The highest BCUT2D eigenvalue weighted by molar-refractivity contribution is 5.85. The van der Waals surface area contributed by atoms with Crippen LogP contribution < -0.4 is 0 Å². The highest BCUT2D eigenvalue weighted by atomic mass is 16.5. The van der Waals surface area contributed by atoms with Crippen LogP contribution in [0.15, 0.2) is 11.6 Å². The highest BCUT2D eigenvalue weighted by Gasteiger charge is 2.86. The number of carbonyl (C=O) groups is 1. The molecule has 0 spiro atoms. The fourth-order valence-electron chi connectivity index (χ4n) is 13.9. The van der Waals surface area contributed by atoms with Gasteiger partial charge in [0.05, 0.1) is 30.5 Å². The number of hydrogen-bond donors (Lipinski definition) is 2. The Hall–Kier alpha value is -0.990. The average molecular weight is 669 g/mol. The van der Waals surface area contributed by atoms with Crippen molar-refractivity contribution in [3.63, 3.8) is 0 Å². The number of unbranched alkanes of at least 4 members (excludes halogenated alkanes) is 2. The molecule has 2 N–H and O–H groups in total. The summed E-state index contributed by atoms with van der Waals surface area (Å²) in [4.78, 5) is 19.7. The maximum absolute atomic E-state index is 14.3. The van der Waals surface area contributed by atoms with Gasteiger partial charge in [-0.25, -0.2) is 0 Å². The summed E-state index contributed by atoms with van der Waals surface area (Å²) in [6, 6.07) is 0.633. The standard InChI is InChI=1S/C41H68N2O5/c1-8-9-10-11-30-18-37(48-36(30)24-42-16-14-32(15-17-42)43-22-27(5)47-28(6)23-43)40-21-33-26(4)12-13-34(33)39(29(7)44)20-31(40)19-35(25(2)3)41(39,40)38(45)46/h19,25-34,36-37,44H,8-18,20-24H2,1-7H3,(H,45,46)/t26-,27-,28+,29?,30?,31?,33-,34-,36?,37?,39?,40?,41?/m1/s1. The number of nitrogens with zero attached hydrogens (tertiary/aromatic N) is 2. The molecule has 0 aromatic rings. The van der Waals surface area contributed by atoms with Crippen LogP contribution in [-0.2, 0) is 14.3 Å². The van der Waals surface area contributed by atoms with E-state index in [4.69, 9.17) is 9.47 Å². The Bertz CT molecular complexity index is 1200. The Balaban J connectivity index is 1.18. The maximum atomic E-state index is 14.3. The summed E-state index contributed by atoms with van der Waals surface area (Å²) in [6.07, 6.45) is 14.6. The first kappa shape index (κ1) is 35.4. The van der Waals surface area contributed by atoms with Gasteiger partial charge in [0.25, 0.3) is 0 Å². The van der Waals surface area contributed by atoms with Crippen molar-refractivity contribution >= 4 is 5.97 Å². The summed E-state index contributed by atoms with van der Waals surface area (Å²) < 4.78 is 13.5. The van der Waals surface area contributed by atoms with Crippen LogP contribution in [-0.4, -0.2) is 95.3 Å². The first-order valence-electron chi connectivity index (χ1n) is 20.3. The zero-order valence-corrected chi connectivity index (χ0v) is 31.3. The van der Waals surface area contributed by atoms with E-state index < -0.39 is 28.3 Å². The highest BCUT2D eigenvalue weighted by Crippen LogP contribution is 2.85. The first-order chi connectivity index (χ1) is 22.9. The quantitative estimate of drug-likeness (QED) is 0.181. The van der Waals surface area contributed by atoms with Gasteiger partial charge in [0.15, 0.2) is 0 Å². The number of aliphatic hydroxyl groups excluding tert-OH is 1. The van der Waals surface area contributed by atoms with E-state index in [1.807, 2.05) is 6.92 Å². The lowest BCUT2D eigenvalue weighted by molar-refractivity contribution is -0.216. The second kappa shape index (κ2) is 13.2. The van der Waals surface area contributed by atoms with E-state index in [1.165, 1.54) is 38.5 Å². The summed E-state index contributed by atoms with van der Waals surface area (Å²) in [5, 5.41) is 23.7. The molecule has 7 heteroatoms. The van der Waals surface area contributed by atoms with Crippen molar-refractivity contribution in [1.29, 1.82) is 0 Å². The molecule has 7 rings (SSSR count). The number of rotatable bonds is 11. The van der Waals surface area contributed by atoms with E-state index >= 15 is 0 Å². The Kier molecular flexibility index (Phi) is 9.74. The van der Waals surface area contributed by atoms with Crippen molar-refractivity contribution in [3.8, 4) is 0 Å². The third kappa shape index (κ3) is 5.08. The van der Waals surface area contributed by atoms with Crippen LogP contribution in [0.5, 0.6) is 0 Å². The molecule has 7 aliphatic rings. The molecule has 0 radical (unpaired) electrons. The molecule has 0 amide bonds. The van der Waals surface area contributed by atoms with Gasteiger partial charge < -0.3 is 24.6 Å². The van der Waals surface area contributed by atoms with Gasteiger partial charge in [-0.2, -0.15) is 0 Å². The molecule has 7 nitrogen and oxygen atoms in total. The molecule has 0 aromatic carbocycles. The number of aliphatic hydroxyl groups is 1. The van der Waals surface area contributed by atoms with E-state index in [9.17, 15) is 15.0 Å². The molecular formula is C41H68N2O5. The van der Waals surface area contributed by atoms with Gasteiger partial charge in [-0.1, -0.05) is 65.0 Å². The number of ether oxygens (including phenoxy) is 2. The molecule has 3 saturated carbocycles. The SMILES string of the molecule is CCCCCC1CC(C23C[C@@H]4[C@H](C)CC[C@H]4C4(C(C)O)CC2C=C(C(C)C)C34C(=O)O)OC1CN1CCC(N2C[C@@H](C)O[C@@H](C)C2)CC1. The molecule has 4 bridgehead atoms. The van der Waals surface area contributed by atoms with Gasteiger partial charge in [0, 0.05) is 36.5 Å². The summed E-state index contributed by atoms with van der Waals surface area (Å²) in [7, 11) is 0. The molecule has 6 fully saturated rings. The smallest absolute Gasteiger partial charge is 0.315 e. The second-order valence-electron chi connectivity index (χ2n) is 18.3. The number of aliphatic carboxylic acids is 1. The zero-order valence-electron chi connectivity index (χ0n) is 31.3. The van der Waals surface area contributed by atoms with Crippen LogP contribution in [0.25, 0.3) is 0 Å². The van der Waals surface area contributed by atoms with Crippen LogP contribution in [0.3, 0.4) is 0 Å². The van der Waals surface area contributed by atoms with E-state index in [2.05, 4.69) is 57.4 Å². The number of hydrogen-bond acceptors (Lipinski definition) is 6. The van der Waals surface area contributed by atoms with Gasteiger partial charge >= 0.3 is 5.97 Å². The zero-order chi connectivity index (χ0) is 34.2. The van der Waals surface area contributed by atoms with Gasteiger partial charge in [-0.3, -0.25) is 9.69 Å². The predicted octanol–water partition coefficient (Wildman–Crippen LogP) is 7.02. The second-order valence-corrected chi connectivity index (χ2v) is 18.3. The molecule has 3 aliphatic heterocycles. The van der Waals surface area contributed by atoms with Crippen molar-refractivity contribution in [1.82, 2.24) is 9.80 Å². The van der Waals surface area contributed by atoms with Crippen molar-refractivity contribution in [3.05, 3.63) is 11.6 Å². The van der Waals surface area contributed by atoms with E-state index in [0.717, 1.165) is 70.4 Å². The Morgan fingerprint density at radius 3 is 2.33 bits per heavy atom. The molecule has 8 unspecified atom stereocenters. The van der Waals surface area contributed by atoms with Crippen molar-refractivity contribution < 1.29 is 24.5 Å². The molecule has 48 heavy (non-hydrogen) atoms. The molecule has 0 aromatic heterocycles. The largest absolute Gasteiger partial charge is 0.481 e. The third-order valence-corrected chi connectivity index (χ3v) is 15.6. The number of likely N-dealkylation sites (tertiary alicyclic amines) is 1. The summed E-state index contributed by atoms with van der Waals surface area (Å²) in [6.45, 7) is 20.7. The maximum Gasteiger partial charge on any atom is 0.315 e. The normalized spacial score (nSPS) is 47.1. The van der Waals surface area contributed by atoms with E-state index in [-0.39, 0.29) is 30.0 Å². The van der Waals surface area contributed by atoms with Crippen LogP contribution in [0.4, 0.5) is 0 Å². The number of morpholine rings is 1. The predicted molar refractivity (Wildman–Crippen MR) is 190 cm³/mol. The minimum atomic E-state index is -1.06. The van der Waals surface area contributed by atoms with Gasteiger partial charge in [-0.15, -0.1) is 0 Å². The number of allylic oxidation sites excluding steroid dienone is 1. The van der Waals surface area contributed by atoms with Gasteiger partial charge in [-0.05, 0) is 114 Å². The fraction of sp³-hybridized carbons (Fsp3) is 0.927. The van der Waals surface area contributed by atoms with Crippen molar-refractivity contribution in [2.24, 2.45) is 51.8 Å². The lowest BCUT2D eigenvalue weighted by Gasteiger charge is -2.62. The fourth-order valence-corrected chi connectivity index (χ4v) is 13.9. The molecule has 4 aliphatic carbocycles. The number of carboxylic acid groups (broad SMARTS) is 1. The van der Waals surface area contributed by atoms with E-state index in [1.54, 1.807) is 0 Å². The minimum absolute atomic E-state index is 0.0778. The van der Waals surface area contributed by atoms with E-state index in [0.29, 0.717) is 36.0 Å². The molecule has 272 valence electrons. The lowest BCUT2D eigenvalue weighted by Crippen LogP contribution is -2.67. The van der Waals surface area contributed by atoms with Gasteiger partial charge in [0.1, 0.15) is 5.41 Å². The topological polar surface area (TPSA) is 82.5 Å². The number of fused-ring (bicyclic) bond motifs is 2. The van der Waals surface area contributed by atoms with Crippen LogP contribution in [0.1, 0.15) is 119 Å². The molecular weight excluding hydrogens is 600 g/mol. The minimum Gasteiger partial charge on any atom is -0.481 e. The molecule has 3 heterocycles. The van der Waals surface area contributed by atoms with Gasteiger partial charge in [0.2, 0.25) is 0 Å².